The predicted octanol–water partition coefficient (Wildman–Crippen LogP) is 5.40. The SMILES string of the molecule is Cc1ccccc1C(P)CN[N+](O)(S)c1c(C)cc(C(C)C)cc1C. The van der Waals surface area contributed by atoms with E-state index < -0.39 is 4.16 Å². The Hall–Kier alpha value is -0.900. The number of thiol groups is 1. The first-order valence-corrected chi connectivity index (χ1v) is 9.72. The van der Waals surface area contributed by atoms with E-state index in [4.69, 9.17) is 0 Å². The fourth-order valence-electron chi connectivity index (χ4n) is 3.23. The van der Waals surface area contributed by atoms with Crippen molar-refractivity contribution >= 4 is 27.7 Å². The summed E-state index contributed by atoms with van der Waals surface area (Å²) in [4.78, 5) is 0. The third-order valence-electron chi connectivity index (χ3n) is 4.61. The van der Waals surface area contributed by atoms with Gasteiger partial charge in [0.2, 0.25) is 5.69 Å². The van der Waals surface area contributed by atoms with Gasteiger partial charge in [0.15, 0.2) is 0 Å². The lowest BCUT2D eigenvalue weighted by Gasteiger charge is -2.27. The van der Waals surface area contributed by atoms with E-state index in [1.807, 2.05) is 26.0 Å². The van der Waals surface area contributed by atoms with Gasteiger partial charge in [0.05, 0.1) is 6.54 Å². The maximum Gasteiger partial charge on any atom is 0.203 e. The molecule has 3 nitrogen and oxygen atoms in total. The number of benzene rings is 2. The first kappa shape index (κ1) is 20.4. The van der Waals surface area contributed by atoms with E-state index in [2.05, 4.69) is 72.5 Å². The summed E-state index contributed by atoms with van der Waals surface area (Å²) >= 11 is 4.49. The van der Waals surface area contributed by atoms with Gasteiger partial charge in [0.1, 0.15) is 12.8 Å². The molecular formula is C20H30N2OPS+. The lowest BCUT2D eigenvalue weighted by Crippen LogP contribution is -2.50. The molecule has 2 aromatic rings. The van der Waals surface area contributed by atoms with Crippen molar-refractivity contribution in [2.24, 2.45) is 0 Å². The predicted molar refractivity (Wildman–Crippen MR) is 114 cm³/mol. The smallest absolute Gasteiger partial charge is 0.178 e. The Balaban J connectivity index is 2.21. The van der Waals surface area contributed by atoms with E-state index in [-0.39, 0.29) is 5.66 Å². The van der Waals surface area contributed by atoms with Crippen LogP contribution in [0.3, 0.4) is 0 Å². The minimum absolute atomic E-state index is 0.188. The van der Waals surface area contributed by atoms with Gasteiger partial charge in [0, 0.05) is 16.8 Å². The molecular weight excluding hydrogens is 347 g/mol. The van der Waals surface area contributed by atoms with Crippen molar-refractivity contribution in [2.45, 2.75) is 46.2 Å². The summed E-state index contributed by atoms with van der Waals surface area (Å²) in [6.07, 6.45) is 0. The number of nitrogens with zero attached hydrogens (tertiary/aromatic N) is 1. The van der Waals surface area contributed by atoms with Gasteiger partial charge in [0.25, 0.3) is 0 Å². The molecule has 0 bridgehead atoms. The first-order valence-electron chi connectivity index (χ1n) is 8.66. The largest absolute Gasteiger partial charge is 0.203 e. The van der Waals surface area contributed by atoms with E-state index >= 15 is 0 Å². The molecule has 0 saturated carbocycles. The van der Waals surface area contributed by atoms with Crippen molar-refractivity contribution in [1.29, 1.82) is 0 Å². The highest BCUT2D eigenvalue weighted by Gasteiger charge is 2.31. The second-order valence-electron chi connectivity index (χ2n) is 7.08. The molecule has 0 radical (unpaired) electrons. The molecule has 0 spiro atoms. The van der Waals surface area contributed by atoms with Crippen LogP contribution in [0.5, 0.6) is 0 Å². The quantitative estimate of drug-likeness (QED) is 0.273. The van der Waals surface area contributed by atoms with E-state index in [1.54, 1.807) is 0 Å². The van der Waals surface area contributed by atoms with Crippen molar-refractivity contribution in [3.05, 3.63) is 64.2 Å². The summed E-state index contributed by atoms with van der Waals surface area (Å²) in [7, 11) is 2.85. The number of hydrogen-bond acceptors (Lipinski definition) is 3. The molecule has 5 heteroatoms. The van der Waals surface area contributed by atoms with Crippen molar-refractivity contribution in [3.63, 3.8) is 0 Å². The molecule has 0 aliphatic rings. The second-order valence-corrected chi connectivity index (χ2v) is 8.47. The molecule has 0 aromatic heterocycles. The fraction of sp³-hybridized carbons (Fsp3) is 0.400. The third kappa shape index (κ3) is 4.84. The summed E-state index contributed by atoms with van der Waals surface area (Å²) in [6, 6.07) is 12.6. The highest BCUT2D eigenvalue weighted by Crippen LogP contribution is 2.34. The van der Waals surface area contributed by atoms with E-state index in [9.17, 15) is 5.21 Å². The van der Waals surface area contributed by atoms with Crippen molar-refractivity contribution in [1.82, 2.24) is 9.59 Å². The number of aryl methyl sites for hydroxylation is 3. The van der Waals surface area contributed by atoms with Crippen LogP contribution in [0.15, 0.2) is 36.4 Å². The van der Waals surface area contributed by atoms with Gasteiger partial charge < -0.3 is 0 Å². The summed E-state index contributed by atoms with van der Waals surface area (Å²) in [5, 5.41) is 10.9. The number of rotatable bonds is 6. The Kier molecular flexibility index (Phi) is 6.69. The van der Waals surface area contributed by atoms with Gasteiger partial charge in [-0.25, -0.2) is 0 Å². The van der Waals surface area contributed by atoms with E-state index in [1.165, 1.54) is 16.7 Å². The lowest BCUT2D eigenvalue weighted by atomic mass is 9.97. The Morgan fingerprint density at radius 3 is 2.16 bits per heavy atom. The molecule has 2 rings (SSSR count). The van der Waals surface area contributed by atoms with Crippen molar-refractivity contribution < 1.29 is 5.21 Å². The fourth-order valence-corrected chi connectivity index (χ4v) is 4.11. The average Bonchev–Trinajstić information content (AvgIpc) is 2.52. The van der Waals surface area contributed by atoms with Crippen LogP contribution in [0.2, 0.25) is 0 Å². The van der Waals surface area contributed by atoms with Crippen LogP contribution >= 0.6 is 22.1 Å². The lowest BCUT2D eigenvalue weighted by molar-refractivity contribution is -0.0214. The molecule has 2 N–H and O–H groups in total. The molecule has 0 saturated heterocycles. The van der Waals surface area contributed by atoms with Gasteiger partial charge >= 0.3 is 0 Å². The molecule has 0 fully saturated rings. The number of hydrogen-bond donors (Lipinski definition) is 3. The molecule has 3 atom stereocenters. The zero-order valence-corrected chi connectivity index (χ0v) is 17.8. The van der Waals surface area contributed by atoms with E-state index in [0.717, 1.165) is 16.8 Å². The Morgan fingerprint density at radius 1 is 1.08 bits per heavy atom. The minimum Gasteiger partial charge on any atom is -0.178 e. The second kappa shape index (κ2) is 8.20. The third-order valence-corrected chi connectivity index (χ3v) is 5.55. The van der Waals surface area contributed by atoms with Crippen LogP contribution in [0, 0.1) is 20.8 Å². The normalized spacial score (nSPS) is 15.2. The van der Waals surface area contributed by atoms with Crippen LogP contribution in [0.4, 0.5) is 5.69 Å². The minimum atomic E-state index is -0.618. The Morgan fingerprint density at radius 2 is 1.64 bits per heavy atom. The average molecular weight is 378 g/mol. The maximum absolute atomic E-state index is 10.9. The van der Waals surface area contributed by atoms with Crippen molar-refractivity contribution in [3.8, 4) is 0 Å². The van der Waals surface area contributed by atoms with Gasteiger partial charge in [-0.3, -0.25) is 0 Å². The molecule has 136 valence electrons. The zero-order chi connectivity index (χ0) is 18.8. The standard InChI is InChI=1S/C20H30N2OPS/c1-13(2)17-10-15(4)20(16(5)11-17)22(23,25)21-12-19(24)18-9-7-6-8-14(18)3/h6-11,13,19,21,23,25H,12,24H2,1-5H3/q+1. The molecule has 25 heavy (non-hydrogen) atoms. The zero-order valence-electron chi connectivity index (χ0n) is 15.7. The van der Waals surface area contributed by atoms with Gasteiger partial charge in [-0.05, 0) is 59.7 Å². The molecule has 0 amide bonds. The van der Waals surface area contributed by atoms with E-state index in [0.29, 0.717) is 12.5 Å². The summed E-state index contributed by atoms with van der Waals surface area (Å²) in [5.74, 6) is 0.456. The summed E-state index contributed by atoms with van der Waals surface area (Å²) in [5.41, 5.74) is 9.97. The highest BCUT2D eigenvalue weighted by molar-refractivity contribution is 7.79. The van der Waals surface area contributed by atoms with Crippen LogP contribution < -0.4 is 9.59 Å². The van der Waals surface area contributed by atoms with Crippen LogP contribution in [0.25, 0.3) is 0 Å². The van der Waals surface area contributed by atoms with Gasteiger partial charge in [-0.15, -0.1) is 14.7 Å². The first-order chi connectivity index (χ1) is 11.6. The van der Waals surface area contributed by atoms with Crippen molar-refractivity contribution in [2.75, 3.05) is 6.54 Å². The van der Waals surface area contributed by atoms with Crippen LogP contribution in [-0.2, 0) is 0 Å². The molecule has 2 aromatic carbocycles. The van der Waals surface area contributed by atoms with Gasteiger partial charge in [-0.2, -0.15) is 5.21 Å². The topological polar surface area (TPSA) is 32.3 Å². The highest BCUT2D eigenvalue weighted by atomic mass is 32.1. The van der Waals surface area contributed by atoms with Gasteiger partial charge in [-0.1, -0.05) is 38.1 Å². The van der Waals surface area contributed by atoms with Crippen LogP contribution in [-0.4, -0.2) is 11.8 Å². The molecule has 0 heterocycles. The van der Waals surface area contributed by atoms with Crippen LogP contribution in [0.1, 0.15) is 53.2 Å². The molecule has 0 aliphatic carbocycles. The Bertz CT molecular complexity index is 723. The number of nitrogens with one attached hydrogen (secondary N) is 1. The summed E-state index contributed by atoms with van der Waals surface area (Å²) in [6.45, 7) is 11.1. The number of quaternary nitrogens is 1. The maximum atomic E-state index is 10.9. The molecule has 3 unspecified atom stereocenters. The summed E-state index contributed by atoms with van der Waals surface area (Å²) < 4.78 is -0.618. The monoisotopic (exact) mass is 377 g/mol. The molecule has 0 aliphatic heterocycles. The Labute approximate surface area is 159 Å².